The number of nitrogens with one attached hydrogen (secondary N) is 1. The average Bonchev–Trinajstić information content (AvgIpc) is 2.77. The normalized spacial score (nSPS) is 11.2. The van der Waals surface area contributed by atoms with Crippen molar-refractivity contribution < 1.29 is 0 Å². The topological polar surface area (TPSA) is 12.0 Å². The summed E-state index contributed by atoms with van der Waals surface area (Å²) in [6.07, 6.45) is 1.17. The van der Waals surface area contributed by atoms with Gasteiger partial charge < -0.3 is 5.32 Å². The van der Waals surface area contributed by atoms with E-state index in [2.05, 4.69) is 61.1 Å². The van der Waals surface area contributed by atoms with Crippen LogP contribution in [0.25, 0.3) is 0 Å². The summed E-state index contributed by atoms with van der Waals surface area (Å²) >= 11 is 1.78. The van der Waals surface area contributed by atoms with Crippen molar-refractivity contribution in [2.75, 3.05) is 0 Å². The molecule has 0 fully saturated rings. The first-order chi connectivity index (χ1) is 9.15. The molecule has 0 aliphatic carbocycles. The molecule has 0 amide bonds. The Morgan fingerprint density at radius 3 is 2.26 bits per heavy atom. The van der Waals surface area contributed by atoms with Crippen LogP contribution in [0.3, 0.4) is 0 Å². The van der Waals surface area contributed by atoms with Gasteiger partial charge in [0, 0.05) is 13.1 Å². The van der Waals surface area contributed by atoms with Crippen molar-refractivity contribution in [1.82, 2.24) is 5.32 Å². The number of hydrogen-bond acceptors (Lipinski definition) is 2. The minimum absolute atomic E-state index is 0.727. The predicted molar refractivity (Wildman–Crippen MR) is 84.6 cm³/mol. The summed E-state index contributed by atoms with van der Waals surface area (Å²) in [6, 6.07) is 9.00. The Bertz CT molecular complexity index is 496. The monoisotopic (exact) mass is 273 g/mol. The van der Waals surface area contributed by atoms with Gasteiger partial charge >= 0.3 is 0 Å². The molecular weight excluding hydrogens is 250 g/mol. The fraction of sp³-hybridized carbons (Fsp3) is 0.412. The average molecular weight is 273 g/mol. The summed E-state index contributed by atoms with van der Waals surface area (Å²) in [7, 11) is 0. The van der Waals surface area contributed by atoms with Crippen LogP contribution in [-0.4, -0.2) is 0 Å². The third kappa shape index (κ3) is 4.48. The maximum Gasteiger partial charge on any atom is 0.0219 e. The van der Waals surface area contributed by atoms with Gasteiger partial charge in [-0.05, 0) is 52.3 Å². The summed E-state index contributed by atoms with van der Waals surface area (Å²) in [6.45, 7) is 8.60. The first-order valence-electron chi connectivity index (χ1n) is 6.95. The molecule has 0 atom stereocenters. The van der Waals surface area contributed by atoms with Gasteiger partial charge in [-0.25, -0.2) is 0 Å². The molecule has 0 aliphatic heterocycles. The standard InChI is InChI=1S/C17H23NS/c1-13(2)8-15-4-6-16(7-5-15)9-18-10-17-12-19-11-14(17)3/h4-7,11-13,18H,8-10H2,1-3H3. The Labute approximate surface area is 120 Å². The van der Waals surface area contributed by atoms with E-state index < -0.39 is 0 Å². The van der Waals surface area contributed by atoms with Gasteiger partial charge in [-0.3, -0.25) is 0 Å². The van der Waals surface area contributed by atoms with Crippen molar-refractivity contribution in [2.24, 2.45) is 5.92 Å². The van der Waals surface area contributed by atoms with Crippen LogP contribution in [-0.2, 0) is 19.5 Å². The molecule has 1 aromatic heterocycles. The molecule has 0 bridgehead atoms. The van der Waals surface area contributed by atoms with Crippen molar-refractivity contribution in [3.05, 3.63) is 57.3 Å². The molecule has 2 rings (SSSR count). The molecule has 1 heterocycles. The van der Waals surface area contributed by atoms with E-state index in [0.717, 1.165) is 19.0 Å². The van der Waals surface area contributed by atoms with Gasteiger partial charge in [-0.15, -0.1) is 0 Å². The summed E-state index contributed by atoms with van der Waals surface area (Å²) < 4.78 is 0. The molecule has 0 spiro atoms. The van der Waals surface area contributed by atoms with E-state index in [9.17, 15) is 0 Å². The Hall–Kier alpha value is -1.12. The molecule has 1 nitrogen and oxygen atoms in total. The van der Waals surface area contributed by atoms with Crippen LogP contribution in [0, 0.1) is 12.8 Å². The molecule has 1 aromatic carbocycles. The molecule has 2 aromatic rings. The van der Waals surface area contributed by atoms with Gasteiger partial charge in [-0.1, -0.05) is 38.1 Å². The Kier molecular flexibility index (Phi) is 5.17. The Morgan fingerprint density at radius 2 is 1.68 bits per heavy atom. The SMILES string of the molecule is Cc1cscc1CNCc1ccc(CC(C)C)cc1. The van der Waals surface area contributed by atoms with Gasteiger partial charge in [0.15, 0.2) is 0 Å². The maximum atomic E-state index is 3.51. The number of rotatable bonds is 6. The first kappa shape index (κ1) is 14.3. The van der Waals surface area contributed by atoms with Gasteiger partial charge in [0.25, 0.3) is 0 Å². The number of benzene rings is 1. The fourth-order valence-electron chi connectivity index (χ4n) is 2.17. The Morgan fingerprint density at radius 1 is 1.00 bits per heavy atom. The molecule has 0 radical (unpaired) electrons. The molecule has 0 unspecified atom stereocenters. The van der Waals surface area contributed by atoms with Crippen LogP contribution < -0.4 is 5.32 Å². The van der Waals surface area contributed by atoms with Crippen LogP contribution in [0.15, 0.2) is 35.0 Å². The van der Waals surface area contributed by atoms with Crippen LogP contribution in [0.2, 0.25) is 0 Å². The first-order valence-corrected chi connectivity index (χ1v) is 7.89. The van der Waals surface area contributed by atoms with Crippen molar-refractivity contribution in [2.45, 2.75) is 40.3 Å². The summed E-state index contributed by atoms with van der Waals surface area (Å²) in [5, 5.41) is 7.95. The molecule has 0 aliphatic rings. The highest BCUT2D eigenvalue weighted by molar-refractivity contribution is 7.08. The van der Waals surface area contributed by atoms with Gasteiger partial charge in [0.2, 0.25) is 0 Å². The summed E-state index contributed by atoms with van der Waals surface area (Å²) in [5.74, 6) is 0.727. The van der Waals surface area contributed by atoms with E-state index in [1.54, 1.807) is 11.3 Å². The predicted octanol–water partition coefficient (Wildman–Crippen LogP) is 4.54. The Balaban J connectivity index is 1.81. The van der Waals surface area contributed by atoms with Crippen molar-refractivity contribution in [3.8, 4) is 0 Å². The lowest BCUT2D eigenvalue weighted by Gasteiger charge is -2.08. The smallest absolute Gasteiger partial charge is 0.0219 e. The van der Waals surface area contributed by atoms with Gasteiger partial charge in [0.1, 0.15) is 0 Å². The van der Waals surface area contributed by atoms with Crippen LogP contribution in [0.5, 0.6) is 0 Å². The minimum Gasteiger partial charge on any atom is -0.309 e. The van der Waals surface area contributed by atoms with E-state index >= 15 is 0 Å². The summed E-state index contributed by atoms with van der Waals surface area (Å²) in [5.41, 5.74) is 5.61. The lowest BCUT2D eigenvalue weighted by molar-refractivity contribution is 0.646. The minimum atomic E-state index is 0.727. The molecular formula is C17H23NS. The zero-order valence-corrected chi connectivity index (χ0v) is 12.9. The van der Waals surface area contributed by atoms with E-state index in [4.69, 9.17) is 0 Å². The largest absolute Gasteiger partial charge is 0.309 e. The van der Waals surface area contributed by atoms with Gasteiger partial charge in [-0.2, -0.15) is 11.3 Å². The van der Waals surface area contributed by atoms with Crippen LogP contribution >= 0.6 is 11.3 Å². The maximum absolute atomic E-state index is 3.51. The lowest BCUT2D eigenvalue weighted by Crippen LogP contribution is -2.12. The second-order valence-corrected chi connectivity index (χ2v) is 6.34. The van der Waals surface area contributed by atoms with Gasteiger partial charge in [0.05, 0.1) is 0 Å². The van der Waals surface area contributed by atoms with Crippen molar-refractivity contribution in [3.63, 3.8) is 0 Å². The van der Waals surface area contributed by atoms with Crippen LogP contribution in [0.1, 0.15) is 36.1 Å². The lowest BCUT2D eigenvalue weighted by atomic mass is 10.0. The molecule has 102 valence electrons. The molecule has 19 heavy (non-hydrogen) atoms. The molecule has 1 N–H and O–H groups in total. The molecule has 2 heteroatoms. The van der Waals surface area contributed by atoms with Crippen LogP contribution in [0.4, 0.5) is 0 Å². The quantitative estimate of drug-likeness (QED) is 0.814. The molecule has 0 saturated carbocycles. The zero-order chi connectivity index (χ0) is 13.7. The second kappa shape index (κ2) is 6.88. The van der Waals surface area contributed by atoms with E-state index in [1.807, 2.05) is 0 Å². The van der Waals surface area contributed by atoms with E-state index in [-0.39, 0.29) is 0 Å². The van der Waals surface area contributed by atoms with Crippen molar-refractivity contribution >= 4 is 11.3 Å². The highest BCUT2D eigenvalue weighted by Gasteiger charge is 2.00. The van der Waals surface area contributed by atoms with E-state index in [1.165, 1.54) is 28.7 Å². The summed E-state index contributed by atoms with van der Waals surface area (Å²) in [4.78, 5) is 0. The highest BCUT2D eigenvalue weighted by Crippen LogP contribution is 2.14. The van der Waals surface area contributed by atoms with Crippen molar-refractivity contribution in [1.29, 1.82) is 0 Å². The number of thiophene rings is 1. The highest BCUT2D eigenvalue weighted by atomic mass is 32.1. The number of aryl methyl sites for hydroxylation is 1. The fourth-order valence-corrected chi connectivity index (χ4v) is 3.03. The molecule has 0 saturated heterocycles. The second-order valence-electron chi connectivity index (χ2n) is 5.60. The van der Waals surface area contributed by atoms with E-state index in [0.29, 0.717) is 0 Å². The number of hydrogen-bond donors (Lipinski definition) is 1. The third-order valence-electron chi connectivity index (χ3n) is 3.27. The zero-order valence-electron chi connectivity index (χ0n) is 12.1. The third-order valence-corrected chi connectivity index (χ3v) is 4.18.